The highest BCUT2D eigenvalue weighted by molar-refractivity contribution is 6.42. The quantitative estimate of drug-likeness (QED) is 0.679. The van der Waals surface area contributed by atoms with Crippen molar-refractivity contribution in [2.45, 2.75) is 13.0 Å². The summed E-state index contributed by atoms with van der Waals surface area (Å²) < 4.78 is 5.58. The molecule has 2 aromatic rings. The van der Waals surface area contributed by atoms with Crippen LogP contribution >= 0.6 is 23.2 Å². The van der Waals surface area contributed by atoms with Crippen molar-refractivity contribution in [2.75, 3.05) is 5.73 Å². The maximum Gasteiger partial charge on any atom is 0.203 e. The van der Waals surface area contributed by atoms with Crippen molar-refractivity contribution >= 4 is 34.7 Å². The fraction of sp³-hybridized carbons (Fsp3) is 0.133. The van der Waals surface area contributed by atoms with Gasteiger partial charge >= 0.3 is 0 Å². The summed E-state index contributed by atoms with van der Waals surface area (Å²) in [5.74, 6) is 0.292. The van der Waals surface area contributed by atoms with Gasteiger partial charge in [0.1, 0.15) is 5.75 Å². The molecule has 2 N–H and O–H groups in total. The van der Waals surface area contributed by atoms with E-state index in [0.29, 0.717) is 27.0 Å². The van der Waals surface area contributed by atoms with Gasteiger partial charge in [0.2, 0.25) is 5.78 Å². The molecule has 2 aromatic carbocycles. The predicted molar refractivity (Wildman–Crippen MR) is 81.7 cm³/mol. The first-order valence-electron chi connectivity index (χ1n) is 5.99. The van der Waals surface area contributed by atoms with Crippen LogP contribution in [-0.2, 0) is 0 Å². The fourth-order valence-corrected chi connectivity index (χ4v) is 2.01. The van der Waals surface area contributed by atoms with Crippen LogP contribution < -0.4 is 10.5 Å². The van der Waals surface area contributed by atoms with E-state index in [9.17, 15) is 4.79 Å². The summed E-state index contributed by atoms with van der Waals surface area (Å²) in [5, 5.41) is 0.744. The molecule has 0 aliphatic heterocycles. The van der Waals surface area contributed by atoms with Crippen LogP contribution in [0.3, 0.4) is 0 Å². The first-order chi connectivity index (χ1) is 9.49. The fourth-order valence-electron chi connectivity index (χ4n) is 1.72. The van der Waals surface area contributed by atoms with Gasteiger partial charge in [-0.05, 0) is 37.3 Å². The van der Waals surface area contributed by atoms with Crippen LogP contribution in [0.5, 0.6) is 5.75 Å². The molecule has 5 heteroatoms. The van der Waals surface area contributed by atoms with Crippen LogP contribution in [0.15, 0.2) is 42.5 Å². The van der Waals surface area contributed by atoms with Crippen molar-refractivity contribution in [3.63, 3.8) is 0 Å². The number of halogens is 2. The molecule has 0 bridgehead atoms. The standard InChI is InChI=1S/C15H13Cl2NO2/c1-9(20-14-5-3-2-4-13(14)18)15(19)10-6-7-11(16)12(17)8-10/h2-9H,18H2,1H3. The minimum absolute atomic E-state index is 0.188. The summed E-state index contributed by atoms with van der Waals surface area (Å²) in [6, 6.07) is 11.8. The molecule has 2 rings (SSSR count). The third-order valence-electron chi connectivity index (χ3n) is 2.80. The van der Waals surface area contributed by atoms with Crippen LogP contribution in [0.2, 0.25) is 10.0 Å². The molecule has 0 aromatic heterocycles. The molecule has 3 nitrogen and oxygen atoms in total. The normalized spacial score (nSPS) is 11.9. The number of nitrogens with two attached hydrogens (primary N) is 1. The average Bonchev–Trinajstić information content (AvgIpc) is 2.43. The van der Waals surface area contributed by atoms with Crippen LogP contribution in [0.1, 0.15) is 17.3 Å². The van der Waals surface area contributed by atoms with Crippen LogP contribution in [0.25, 0.3) is 0 Å². The lowest BCUT2D eigenvalue weighted by Crippen LogP contribution is -2.24. The molecule has 0 aliphatic rings. The minimum atomic E-state index is -0.669. The lowest BCUT2D eigenvalue weighted by Gasteiger charge is -2.15. The first kappa shape index (κ1) is 14.7. The summed E-state index contributed by atoms with van der Waals surface area (Å²) in [6.07, 6.45) is -0.669. The van der Waals surface area contributed by atoms with Crippen molar-refractivity contribution in [2.24, 2.45) is 0 Å². The van der Waals surface area contributed by atoms with Gasteiger partial charge in [0.25, 0.3) is 0 Å². The Kier molecular flexibility index (Phi) is 4.53. The summed E-state index contributed by atoms with van der Waals surface area (Å²) in [6.45, 7) is 1.66. The highest BCUT2D eigenvalue weighted by atomic mass is 35.5. The molecule has 20 heavy (non-hydrogen) atoms. The topological polar surface area (TPSA) is 52.3 Å². The number of nitrogen functional groups attached to an aromatic ring is 1. The number of rotatable bonds is 4. The summed E-state index contributed by atoms with van der Waals surface area (Å²) in [4.78, 5) is 12.3. The first-order valence-corrected chi connectivity index (χ1v) is 6.75. The van der Waals surface area contributed by atoms with Crippen molar-refractivity contribution in [1.29, 1.82) is 0 Å². The number of hydrogen-bond acceptors (Lipinski definition) is 3. The molecular formula is C15H13Cl2NO2. The third kappa shape index (κ3) is 3.24. The summed E-state index contributed by atoms with van der Waals surface area (Å²) >= 11 is 11.7. The van der Waals surface area contributed by atoms with E-state index in [2.05, 4.69) is 0 Å². The molecule has 1 atom stereocenters. The highest BCUT2D eigenvalue weighted by Crippen LogP contribution is 2.25. The maximum atomic E-state index is 12.3. The zero-order valence-corrected chi connectivity index (χ0v) is 12.3. The molecule has 0 heterocycles. The second-order valence-corrected chi connectivity index (χ2v) is 5.11. The molecule has 104 valence electrons. The van der Waals surface area contributed by atoms with Crippen molar-refractivity contribution < 1.29 is 9.53 Å². The Hall–Kier alpha value is -1.71. The molecule has 1 unspecified atom stereocenters. The van der Waals surface area contributed by atoms with Crippen LogP contribution in [-0.4, -0.2) is 11.9 Å². The van der Waals surface area contributed by atoms with E-state index in [4.69, 9.17) is 33.7 Å². The number of para-hydroxylation sites is 2. The smallest absolute Gasteiger partial charge is 0.203 e. The number of carbonyl (C=O) groups excluding carboxylic acids is 1. The zero-order chi connectivity index (χ0) is 14.7. The second-order valence-electron chi connectivity index (χ2n) is 4.29. The van der Waals surface area contributed by atoms with Gasteiger partial charge in [0.05, 0.1) is 15.7 Å². The minimum Gasteiger partial charge on any atom is -0.480 e. The van der Waals surface area contributed by atoms with E-state index >= 15 is 0 Å². The van der Waals surface area contributed by atoms with E-state index in [1.54, 1.807) is 43.3 Å². The van der Waals surface area contributed by atoms with Crippen molar-refractivity contribution in [1.82, 2.24) is 0 Å². The number of benzene rings is 2. The summed E-state index contributed by atoms with van der Waals surface area (Å²) in [5.41, 5.74) is 6.71. The maximum absolute atomic E-state index is 12.3. The molecule has 0 fully saturated rings. The van der Waals surface area contributed by atoms with Gasteiger partial charge in [0, 0.05) is 5.56 Å². The molecule has 0 spiro atoms. The molecule has 0 radical (unpaired) electrons. The Balaban J connectivity index is 2.16. The SMILES string of the molecule is CC(Oc1ccccc1N)C(=O)c1ccc(Cl)c(Cl)c1. The van der Waals surface area contributed by atoms with Gasteiger partial charge in [-0.1, -0.05) is 35.3 Å². The number of Topliss-reactive ketones (excluding diaryl/α,β-unsaturated/α-hetero) is 1. The Morgan fingerprint density at radius 3 is 2.50 bits per heavy atom. The number of ether oxygens (including phenoxy) is 1. The van der Waals surface area contributed by atoms with Gasteiger partial charge in [0.15, 0.2) is 6.10 Å². The molecule has 0 saturated heterocycles. The van der Waals surface area contributed by atoms with E-state index in [-0.39, 0.29) is 5.78 Å². The Labute approximate surface area is 127 Å². The predicted octanol–water partition coefficient (Wildman–Crippen LogP) is 4.23. The lowest BCUT2D eigenvalue weighted by atomic mass is 10.1. The average molecular weight is 310 g/mol. The number of carbonyl (C=O) groups is 1. The van der Waals surface area contributed by atoms with E-state index in [1.807, 2.05) is 0 Å². The Morgan fingerprint density at radius 2 is 1.85 bits per heavy atom. The van der Waals surface area contributed by atoms with Crippen molar-refractivity contribution in [3.05, 3.63) is 58.1 Å². The zero-order valence-electron chi connectivity index (χ0n) is 10.8. The monoisotopic (exact) mass is 309 g/mol. The largest absolute Gasteiger partial charge is 0.480 e. The third-order valence-corrected chi connectivity index (χ3v) is 3.54. The Bertz CT molecular complexity index is 644. The van der Waals surface area contributed by atoms with Crippen molar-refractivity contribution in [3.8, 4) is 5.75 Å². The van der Waals surface area contributed by atoms with Gasteiger partial charge in [-0.2, -0.15) is 0 Å². The highest BCUT2D eigenvalue weighted by Gasteiger charge is 2.18. The molecular weight excluding hydrogens is 297 g/mol. The van der Waals surface area contributed by atoms with Crippen LogP contribution in [0.4, 0.5) is 5.69 Å². The van der Waals surface area contributed by atoms with Gasteiger partial charge in [-0.15, -0.1) is 0 Å². The van der Waals surface area contributed by atoms with E-state index < -0.39 is 6.10 Å². The van der Waals surface area contributed by atoms with Gasteiger partial charge in [-0.25, -0.2) is 0 Å². The molecule has 0 aliphatic carbocycles. The molecule has 0 amide bonds. The van der Waals surface area contributed by atoms with Crippen LogP contribution in [0, 0.1) is 0 Å². The number of anilines is 1. The Morgan fingerprint density at radius 1 is 1.15 bits per heavy atom. The summed E-state index contributed by atoms with van der Waals surface area (Å²) in [7, 11) is 0. The molecule has 0 saturated carbocycles. The number of ketones is 1. The lowest BCUT2D eigenvalue weighted by molar-refractivity contribution is 0.0819. The van der Waals surface area contributed by atoms with E-state index in [0.717, 1.165) is 0 Å². The second kappa shape index (κ2) is 6.16. The van der Waals surface area contributed by atoms with Gasteiger partial charge < -0.3 is 10.5 Å². The number of hydrogen-bond donors (Lipinski definition) is 1. The van der Waals surface area contributed by atoms with E-state index in [1.165, 1.54) is 6.07 Å². The van der Waals surface area contributed by atoms with Gasteiger partial charge in [-0.3, -0.25) is 4.79 Å².